The zero-order valence-electron chi connectivity index (χ0n) is 15.1. The summed E-state index contributed by atoms with van der Waals surface area (Å²) in [4.78, 5) is 16.6. The molecular weight excluding hydrogens is 362 g/mol. The van der Waals surface area contributed by atoms with Crippen molar-refractivity contribution >= 4 is 34.7 Å². The molecule has 1 aromatic heterocycles. The molecule has 0 unspecified atom stereocenters. The van der Waals surface area contributed by atoms with Crippen molar-refractivity contribution in [1.82, 2.24) is 4.98 Å². The normalized spacial score (nSPS) is 10.3. The molecule has 0 saturated heterocycles. The lowest BCUT2D eigenvalue weighted by Gasteiger charge is -2.12. The van der Waals surface area contributed by atoms with Gasteiger partial charge >= 0.3 is 0 Å². The van der Waals surface area contributed by atoms with Gasteiger partial charge in [0.15, 0.2) is 0 Å². The summed E-state index contributed by atoms with van der Waals surface area (Å²) in [6.07, 6.45) is 1.93. The molecule has 0 saturated carbocycles. The predicted molar refractivity (Wildman–Crippen MR) is 109 cm³/mol. The SMILES string of the molecule is COc1ccc(Cl)cc1Nc1ccc(NC(=O)Cc2ccccc2C)cn1. The summed E-state index contributed by atoms with van der Waals surface area (Å²) in [5.41, 5.74) is 3.46. The standard InChI is InChI=1S/C21H20ClN3O2/c1-14-5-3-4-6-15(14)11-21(26)24-17-8-10-20(23-13-17)25-18-12-16(22)7-9-19(18)27-2/h3-10,12-13H,11H2,1-2H3,(H,23,25)(H,24,26). The lowest BCUT2D eigenvalue weighted by Crippen LogP contribution is -2.15. The maximum Gasteiger partial charge on any atom is 0.228 e. The summed E-state index contributed by atoms with van der Waals surface area (Å²) in [6.45, 7) is 1.99. The average Bonchev–Trinajstić information content (AvgIpc) is 2.65. The lowest BCUT2D eigenvalue weighted by molar-refractivity contribution is -0.115. The number of methoxy groups -OCH3 is 1. The monoisotopic (exact) mass is 381 g/mol. The van der Waals surface area contributed by atoms with Gasteiger partial charge in [0.1, 0.15) is 11.6 Å². The van der Waals surface area contributed by atoms with Gasteiger partial charge in [-0.05, 0) is 48.4 Å². The number of nitrogens with zero attached hydrogens (tertiary/aromatic N) is 1. The minimum Gasteiger partial charge on any atom is -0.495 e. The first-order chi connectivity index (χ1) is 13.0. The Morgan fingerprint density at radius 2 is 1.96 bits per heavy atom. The second kappa shape index (κ2) is 8.56. The summed E-state index contributed by atoms with van der Waals surface area (Å²) in [5, 5.41) is 6.62. The van der Waals surface area contributed by atoms with Gasteiger partial charge in [-0.3, -0.25) is 4.79 Å². The number of pyridine rings is 1. The van der Waals surface area contributed by atoms with Gasteiger partial charge in [-0.25, -0.2) is 4.98 Å². The third-order valence-corrected chi connectivity index (χ3v) is 4.32. The van der Waals surface area contributed by atoms with Crippen LogP contribution in [0.25, 0.3) is 0 Å². The van der Waals surface area contributed by atoms with E-state index in [2.05, 4.69) is 15.6 Å². The second-order valence-electron chi connectivity index (χ2n) is 6.05. The van der Waals surface area contributed by atoms with E-state index in [1.165, 1.54) is 0 Å². The van der Waals surface area contributed by atoms with Crippen molar-refractivity contribution in [2.45, 2.75) is 13.3 Å². The van der Waals surface area contributed by atoms with Crippen molar-refractivity contribution in [2.75, 3.05) is 17.7 Å². The van der Waals surface area contributed by atoms with Crippen LogP contribution in [-0.4, -0.2) is 18.0 Å². The minimum atomic E-state index is -0.0803. The largest absolute Gasteiger partial charge is 0.495 e. The number of benzene rings is 2. The van der Waals surface area contributed by atoms with Crippen LogP contribution >= 0.6 is 11.6 Å². The van der Waals surface area contributed by atoms with Crippen molar-refractivity contribution in [3.63, 3.8) is 0 Å². The quantitative estimate of drug-likeness (QED) is 0.632. The first-order valence-corrected chi connectivity index (χ1v) is 8.84. The molecule has 27 heavy (non-hydrogen) atoms. The smallest absolute Gasteiger partial charge is 0.228 e. The molecule has 0 aliphatic rings. The first-order valence-electron chi connectivity index (χ1n) is 8.46. The molecule has 2 aromatic carbocycles. The molecule has 0 bridgehead atoms. The maximum atomic E-state index is 12.2. The molecule has 0 fully saturated rings. The molecule has 2 N–H and O–H groups in total. The third-order valence-electron chi connectivity index (χ3n) is 4.08. The van der Waals surface area contributed by atoms with Crippen molar-refractivity contribution in [1.29, 1.82) is 0 Å². The van der Waals surface area contributed by atoms with Gasteiger partial charge in [0.25, 0.3) is 0 Å². The van der Waals surface area contributed by atoms with Crippen molar-refractivity contribution in [3.05, 3.63) is 76.9 Å². The number of carbonyl (C=O) groups is 1. The molecule has 6 heteroatoms. The number of aryl methyl sites for hydroxylation is 1. The maximum absolute atomic E-state index is 12.2. The summed E-state index contributed by atoms with van der Waals surface area (Å²) in [7, 11) is 1.59. The second-order valence-corrected chi connectivity index (χ2v) is 6.49. The number of hydrogen-bond acceptors (Lipinski definition) is 4. The summed E-state index contributed by atoms with van der Waals surface area (Å²) in [5.74, 6) is 1.20. The molecule has 0 radical (unpaired) electrons. The van der Waals surface area contributed by atoms with Crippen LogP contribution in [0.1, 0.15) is 11.1 Å². The van der Waals surface area contributed by atoms with Gasteiger partial charge in [0, 0.05) is 5.02 Å². The van der Waals surface area contributed by atoms with Crippen molar-refractivity contribution < 1.29 is 9.53 Å². The molecule has 0 spiro atoms. The Labute approximate surface area is 163 Å². The van der Waals surface area contributed by atoms with Crippen molar-refractivity contribution in [3.8, 4) is 5.75 Å². The number of amides is 1. The first kappa shape index (κ1) is 18.7. The number of anilines is 3. The number of ether oxygens (including phenoxy) is 1. The van der Waals surface area contributed by atoms with Crippen LogP contribution in [0.4, 0.5) is 17.2 Å². The number of hydrogen-bond donors (Lipinski definition) is 2. The zero-order valence-corrected chi connectivity index (χ0v) is 15.9. The minimum absolute atomic E-state index is 0.0803. The summed E-state index contributed by atoms with van der Waals surface area (Å²) in [6, 6.07) is 16.7. The van der Waals surface area contributed by atoms with E-state index in [1.807, 2.05) is 31.2 Å². The summed E-state index contributed by atoms with van der Waals surface area (Å²) < 4.78 is 5.31. The van der Waals surface area contributed by atoms with Gasteiger partial charge < -0.3 is 15.4 Å². The number of halogens is 1. The highest BCUT2D eigenvalue weighted by Gasteiger charge is 2.08. The molecule has 1 heterocycles. The van der Waals surface area contributed by atoms with E-state index in [-0.39, 0.29) is 5.91 Å². The topological polar surface area (TPSA) is 63.2 Å². The van der Waals surface area contributed by atoms with Gasteiger partial charge in [-0.1, -0.05) is 35.9 Å². The van der Waals surface area contributed by atoms with E-state index < -0.39 is 0 Å². The Kier molecular flexibility index (Phi) is 5.94. The number of aromatic nitrogens is 1. The van der Waals surface area contributed by atoms with Crippen LogP contribution < -0.4 is 15.4 Å². The highest BCUT2D eigenvalue weighted by Crippen LogP contribution is 2.30. The van der Waals surface area contributed by atoms with E-state index in [0.29, 0.717) is 34.4 Å². The Bertz CT molecular complexity index is 942. The molecule has 0 aliphatic heterocycles. The van der Waals surface area contributed by atoms with E-state index in [9.17, 15) is 4.79 Å². The molecule has 0 aliphatic carbocycles. The zero-order chi connectivity index (χ0) is 19.2. The molecular formula is C21H20ClN3O2. The fourth-order valence-corrected chi connectivity index (χ4v) is 2.82. The molecule has 5 nitrogen and oxygen atoms in total. The van der Waals surface area contributed by atoms with E-state index in [4.69, 9.17) is 16.3 Å². The molecule has 138 valence electrons. The Morgan fingerprint density at radius 3 is 2.67 bits per heavy atom. The van der Waals surface area contributed by atoms with Crippen LogP contribution in [0, 0.1) is 6.92 Å². The molecule has 3 aromatic rings. The molecule has 0 atom stereocenters. The predicted octanol–water partition coefficient (Wildman–Crippen LogP) is 4.98. The van der Waals surface area contributed by atoms with Gasteiger partial charge in [-0.15, -0.1) is 0 Å². The van der Waals surface area contributed by atoms with Crippen LogP contribution in [0.3, 0.4) is 0 Å². The number of nitrogens with one attached hydrogen (secondary N) is 2. The number of rotatable bonds is 6. The van der Waals surface area contributed by atoms with E-state index in [1.54, 1.807) is 43.6 Å². The third kappa shape index (κ3) is 4.99. The van der Waals surface area contributed by atoms with Crippen LogP contribution in [0.15, 0.2) is 60.8 Å². The number of carbonyl (C=O) groups excluding carboxylic acids is 1. The van der Waals surface area contributed by atoms with Crippen LogP contribution in [0.2, 0.25) is 5.02 Å². The van der Waals surface area contributed by atoms with Gasteiger partial charge in [0.05, 0.1) is 31.1 Å². The van der Waals surface area contributed by atoms with Crippen LogP contribution in [-0.2, 0) is 11.2 Å². The average molecular weight is 382 g/mol. The van der Waals surface area contributed by atoms with Gasteiger partial charge in [0.2, 0.25) is 5.91 Å². The van der Waals surface area contributed by atoms with E-state index in [0.717, 1.165) is 11.1 Å². The Morgan fingerprint density at radius 1 is 1.15 bits per heavy atom. The Hall–Kier alpha value is -3.05. The molecule has 3 rings (SSSR count). The van der Waals surface area contributed by atoms with Crippen molar-refractivity contribution in [2.24, 2.45) is 0 Å². The summed E-state index contributed by atoms with van der Waals surface area (Å²) >= 11 is 6.04. The highest BCUT2D eigenvalue weighted by atomic mass is 35.5. The Balaban J connectivity index is 1.64. The van der Waals surface area contributed by atoms with Gasteiger partial charge in [-0.2, -0.15) is 0 Å². The molecule has 1 amide bonds. The van der Waals surface area contributed by atoms with E-state index >= 15 is 0 Å². The van der Waals surface area contributed by atoms with Crippen LogP contribution in [0.5, 0.6) is 5.75 Å². The fraction of sp³-hybridized carbons (Fsp3) is 0.143. The lowest BCUT2D eigenvalue weighted by atomic mass is 10.1. The fourth-order valence-electron chi connectivity index (χ4n) is 2.64. The highest BCUT2D eigenvalue weighted by molar-refractivity contribution is 6.31.